The van der Waals surface area contributed by atoms with Crippen molar-refractivity contribution in [1.29, 1.82) is 0 Å². The van der Waals surface area contributed by atoms with Crippen molar-refractivity contribution in [2.75, 3.05) is 0 Å². The molecule has 0 amide bonds. The fourth-order valence-corrected chi connectivity index (χ4v) is 1.44. The minimum absolute atomic E-state index is 0.979. The Kier molecular flexibility index (Phi) is 9.04. The molecule has 0 radical (unpaired) electrons. The summed E-state index contributed by atoms with van der Waals surface area (Å²) in [6.07, 6.45) is 12.0. The van der Waals surface area contributed by atoms with Crippen LogP contribution in [0.15, 0.2) is 53.7 Å². The first-order chi connectivity index (χ1) is 8.17. The first kappa shape index (κ1) is 15.6. The van der Waals surface area contributed by atoms with Gasteiger partial charge in [0.2, 0.25) is 0 Å². The molecule has 0 unspecified atom stereocenters. The number of hydrogen-bond acceptors (Lipinski definition) is 1. The zero-order chi connectivity index (χ0) is 13.1. The highest BCUT2D eigenvalue weighted by atomic mass is 14.7. The lowest BCUT2D eigenvalue weighted by Crippen LogP contribution is -1.93. The Balaban J connectivity index is 4.30. The van der Waals surface area contributed by atoms with E-state index in [-0.39, 0.29) is 0 Å². The molecular formula is C16H25N. The molecule has 1 nitrogen and oxygen atoms in total. The molecule has 0 saturated heterocycles. The van der Waals surface area contributed by atoms with Gasteiger partial charge in [0.15, 0.2) is 0 Å². The van der Waals surface area contributed by atoms with E-state index < -0.39 is 0 Å². The Hall–Kier alpha value is -1.37. The zero-order valence-corrected chi connectivity index (χ0v) is 11.5. The van der Waals surface area contributed by atoms with E-state index in [1.54, 1.807) is 0 Å². The van der Waals surface area contributed by atoms with Crippen molar-refractivity contribution in [3.8, 4) is 0 Å². The monoisotopic (exact) mass is 231 g/mol. The molecule has 1 heteroatoms. The summed E-state index contributed by atoms with van der Waals surface area (Å²) in [5, 5.41) is 0. The molecule has 0 aromatic rings. The van der Waals surface area contributed by atoms with Crippen LogP contribution in [0.2, 0.25) is 0 Å². The van der Waals surface area contributed by atoms with Crippen LogP contribution in [-0.2, 0) is 0 Å². The minimum Gasteiger partial charge on any atom is -0.266 e. The smallest absolute Gasteiger partial charge is 0.0298 e. The van der Waals surface area contributed by atoms with Crippen molar-refractivity contribution in [2.45, 2.75) is 46.5 Å². The molecule has 0 heterocycles. The minimum atomic E-state index is 0.979. The fourth-order valence-electron chi connectivity index (χ4n) is 1.44. The van der Waals surface area contributed by atoms with Crippen LogP contribution in [0.1, 0.15) is 46.5 Å². The molecule has 0 aromatic carbocycles. The zero-order valence-electron chi connectivity index (χ0n) is 11.5. The second kappa shape index (κ2) is 9.83. The number of aliphatic imine (C=N–C) groups is 1. The number of hydrogen-bond donors (Lipinski definition) is 0. The van der Waals surface area contributed by atoms with E-state index in [9.17, 15) is 0 Å². The highest BCUT2D eigenvalue weighted by Gasteiger charge is 1.96. The Bertz CT molecular complexity index is 329. The summed E-state index contributed by atoms with van der Waals surface area (Å²) in [4.78, 5) is 4.46. The lowest BCUT2D eigenvalue weighted by Gasteiger charge is -2.03. The average Bonchev–Trinajstić information content (AvgIpc) is 2.35. The van der Waals surface area contributed by atoms with Crippen molar-refractivity contribution in [3.05, 3.63) is 48.7 Å². The van der Waals surface area contributed by atoms with Gasteiger partial charge in [-0.1, -0.05) is 37.3 Å². The van der Waals surface area contributed by atoms with Gasteiger partial charge in [-0.3, -0.25) is 4.99 Å². The Morgan fingerprint density at radius 1 is 1.24 bits per heavy atom. The first-order valence-electron chi connectivity index (χ1n) is 6.27. The van der Waals surface area contributed by atoms with E-state index >= 15 is 0 Å². The van der Waals surface area contributed by atoms with Crippen molar-refractivity contribution < 1.29 is 0 Å². The number of nitrogens with zero attached hydrogens (tertiary/aromatic N) is 1. The van der Waals surface area contributed by atoms with Gasteiger partial charge >= 0.3 is 0 Å². The lowest BCUT2D eigenvalue weighted by atomic mass is 10.0. The van der Waals surface area contributed by atoms with E-state index in [0.29, 0.717) is 0 Å². The van der Waals surface area contributed by atoms with Crippen molar-refractivity contribution >= 4 is 5.71 Å². The van der Waals surface area contributed by atoms with Crippen LogP contribution in [0, 0.1) is 0 Å². The van der Waals surface area contributed by atoms with Crippen LogP contribution in [0.5, 0.6) is 0 Å². The van der Waals surface area contributed by atoms with Crippen molar-refractivity contribution in [3.63, 3.8) is 0 Å². The molecular weight excluding hydrogens is 206 g/mol. The topological polar surface area (TPSA) is 12.4 Å². The van der Waals surface area contributed by atoms with Crippen LogP contribution >= 0.6 is 0 Å². The molecule has 0 fully saturated rings. The van der Waals surface area contributed by atoms with Gasteiger partial charge in [0.1, 0.15) is 0 Å². The number of rotatable bonds is 8. The lowest BCUT2D eigenvalue weighted by molar-refractivity contribution is 0.958. The third-order valence-corrected chi connectivity index (χ3v) is 2.74. The maximum Gasteiger partial charge on any atom is 0.0298 e. The summed E-state index contributed by atoms with van der Waals surface area (Å²) in [5.74, 6) is 0. The number of allylic oxidation sites excluding steroid dienone is 5. The summed E-state index contributed by atoms with van der Waals surface area (Å²) in [6, 6.07) is 0. The summed E-state index contributed by atoms with van der Waals surface area (Å²) in [6.45, 7) is 13.8. The summed E-state index contributed by atoms with van der Waals surface area (Å²) >= 11 is 0. The van der Waals surface area contributed by atoms with Gasteiger partial charge in [0, 0.05) is 11.9 Å². The largest absolute Gasteiger partial charge is 0.266 e. The molecule has 0 rings (SSSR count). The fraction of sp³-hybridized carbons (Fsp3) is 0.438. The second-order valence-electron chi connectivity index (χ2n) is 4.07. The van der Waals surface area contributed by atoms with Crippen LogP contribution < -0.4 is 0 Å². The quantitative estimate of drug-likeness (QED) is 0.308. The molecule has 94 valence electrons. The highest BCUT2D eigenvalue weighted by molar-refractivity contribution is 5.82. The first-order valence-corrected chi connectivity index (χ1v) is 6.27. The van der Waals surface area contributed by atoms with Gasteiger partial charge in [0.25, 0.3) is 0 Å². The molecule has 17 heavy (non-hydrogen) atoms. The van der Waals surface area contributed by atoms with E-state index in [1.807, 2.05) is 18.4 Å². The summed E-state index contributed by atoms with van der Waals surface area (Å²) in [7, 11) is 0. The van der Waals surface area contributed by atoms with E-state index in [0.717, 1.165) is 25.7 Å². The average molecular weight is 231 g/mol. The maximum absolute atomic E-state index is 4.46. The molecule has 0 bridgehead atoms. The van der Waals surface area contributed by atoms with Gasteiger partial charge in [-0.25, -0.2) is 0 Å². The molecule has 0 N–H and O–H groups in total. The van der Waals surface area contributed by atoms with E-state index in [4.69, 9.17) is 0 Å². The van der Waals surface area contributed by atoms with Crippen molar-refractivity contribution in [1.82, 2.24) is 0 Å². The van der Waals surface area contributed by atoms with Crippen LogP contribution in [0.3, 0.4) is 0 Å². The molecule has 0 atom stereocenters. The van der Waals surface area contributed by atoms with Gasteiger partial charge < -0.3 is 0 Å². The molecule has 0 aliphatic heterocycles. The van der Waals surface area contributed by atoms with Gasteiger partial charge in [-0.05, 0) is 45.1 Å². The Morgan fingerprint density at radius 2 is 1.94 bits per heavy atom. The van der Waals surface area contributed by atoms with Crippen LogP contribution in [0.4, 0.5) is 0 Å². The van der Waals surface area contributed by atoms with Crippen LogP contribution in [-0.4, -0.2) is 5.71 Å². The van der Waals surface area contributed by atoms with E-state index in [2.05, 4.69) is 45.0 Å². The maximum atomic E-state index is 4.46. The molecule has 0 saturated carbocycles. The Labute approximate surface area is 106 Å². The molecule has 0 aromatic heterocycles. The standard InChI is InChI=1S/C16H25N/c1-6-10-16(9-4)12-11-14(5)17-13-15(7-2)8-3/h6-7,9,13H,1-2,8,10-12H2,3-5H3/b15-13+,16-9+,17-14?. The van der Waals surface area contributed by atoms with Gasteiger partial charge in [-0.2, -0.15) is 0 Å². The van der Waals surface area contributed by atoms with Gasteiger partial charge in [-0.15, -0.1) is 6.58 Å². The third kappa shape index (κ3) is 7.51. The SMILES string of the molecule is C=CC/C(=C\C)CCC(C)=N/C=C(\C=C)CC. The predicted octanol–water partition coefficient (Wildman–Crippen LogP) is 5.23. The van der Waals surface area contributed by atoms with Crippen molar-refractivity contribution in [2.24, 2.45) is 4.99 Å². The van der Waals surface area contributed by atoms with Crippen LogP contribution in [0.25, 0.3) is 0 Å². The highest BCUT2D eigenvalue weighted by Crippen LogP contribution is 2.11. The molecule has 0 aliphatic carbocycles. The summed E-state index contributed by atoms with van der Waals surface area (Å²) < 4.78 is 0. The van der Waals surface area contributed by atoms with E-state index in [1.165, 1.54) is 16.9 Å². The molecule has 0 spiro atoms. The predicted molar refractivity (Wildman–Crippen MR) is 79.5 cm³/mol. The Morgan fingerprint density at radius 3 is 2.41 bits per heavy atom. The second-order valence-corrected chi connectivity index (χ2v) is 4.07. The third-order valence-electron chi connectivity index (χ3n) is 2.74. The molecule has 0 aliphatic rings. The normalized spacial score (nSPS) is 13.7. The van der Waals surface area contributed by atoms with Gasteiger partial charge in [0.05, 0.1) is 0 Å². The summed E-state index contributed by atoms with van der Waals surface area (Å²) in [5.41, 5.74) is 3.78.